The number of hydrogen-bond donors (Lipinski definition) is 2. The van der Waals surface area contributed by atoms with Gasteiger partial charge in [-0.25, -0.2) is 0 Å². The Morgan fingerprint density at radius 1 is 1.40 bits per heavy atom. The van der Waals surface area contributed by atoms with E-state index in [1.54, 1.807) is 19.4 Å². The van der Waals surface area contributed by atoms with Crippen molar-refractivity contribution in [2.75, 3.05) is 7.11 Å². The first kappa shape index (κ1) is 18.2. The highest BCUT2D eigenvalue weighted by atomic mass is 35.5. The van der Waals surface area contributed by atoms with Crippen LogP contribution in [0.4, 0.5) is 0 Å². The molecule has 1 heterocycles. The fraction of sp³-hybridized carbons (Fsp3) is 0.526. The fourth-order valence-electron chi connectivity index (χ4n) is 3.75. The van der Waals surface area contributed by atoms with Crippen LogP contribution < -0.4 is 16.0 Å². The molecule has 1 atom stereocenters. The van der Waals surface area contributed by atoms with Crippen molar-refractivity contribution in [3.8, 4) is 5.75 Å². The van der Waals surface area contributed by atoms with E-state index in [9.17, 15) is 4.79 Å². The Bertz CT molecular complexity index is 797. The van der Waals surface area contributed by atoms with E-state index in [0.717, 1.165) is 37.5 Å². The summed E-state index contributed by atoms with van der Waals surface area (Å²) in [6, 6.07) is 5.38. The number of aromatic nitrogens is 1. The molecule has 1 fully saturated rings. The van der Waals surface area contributed by atoms with E-state index in [1.165, 1.54) is 0 Å². The van der Waals surface area contributed by atoms with Crippen LogP contribution in [-0.2, 0) is 4.74 Å². The van der Waals surface area contributed by atoms with Gasteiger partial charge in [-0.1, -0.05) is 18.5 Å². The van der Waals surface area contributed by atoms with E-state index in [-0.39, 0.29) is 23.3 Å². The standard InChI is InChI=1S/C19H25ClN2O3/c1-3-17(21)19(24-2)7-4-13(5-8-19)25-16-10-12-6-9-22-18(23)14(12)11-15(16)20/h6,9-11,13,17H,3-5,7-8,21H2,1-2H3,(H,22,23)/t13?,17-,19?/m0/s1. The summed E-state index contributed by atoms with van der Waals surface area (Å²) < 4.78 is 11.9. The van der Waals surface area contributed by atoms with Crippen LogP contribution in [0, 0.1) is 0 Å². The first-order valence-corrected chi connectivity index (χ1v) is 9.15. The lowest BCUT2D eigenvalue weighted by Crippen LogP contribution is -2.52. The van der Waals surface area contributed by atoms with Crippen LogP contribution in [0.3, 0.4) is 0 Å². The Kier molecular flexibility index (Phi) is 5.37. The van der Waals surface area contributed by atoms with E-state index < -0.39 is 0 Å². The summed E-state index contributed by atoms with van der Waals surface area (Å²) in [5.41, 5.74) is 5.87. The second-order valence-electron chi connectivity index (χ2n) is 6.78. The zero-order chi connectivity index (χ0) is 18.0. The van der Waals surface area contributed by atoms with Crippen LogP contribution in [-0.4, -0.2) is 29.8 Å². The number of nitrogens with two attached hydrogens (primary N) is 1. The number of hydrogen-bond acceptors (Lipinski definition) is 4. The molecule has 0 spiro atoms. The Morgan fingerprint density at radius 2 is 2.12 bits per heavy atom. The van der Waals surface area contributed by atoms with Gasteiger partial charge in [0.2, 0.25) is 0 Å². The quantitative estimate of drug-likeness (QED) is 0.849. The zero-order valence-corrected chi connectivity index (χ0v) is 15.4. The number of aromatic amines is 1. The molecular formula is C19H25ClN2O3. The van der Waals surface area contributed by atoms with Gasteiger partial charge in [0.25, 0.3) is 5.56 Å². The van der Waals surface area contributed by atoms with E-state index >= 15 is 0 Å². The number of rotatable bonds is 5. The SMILES string of the molecule is CC[C@H](N)C1(OC)CCC(Oc2cc3cc[nH]c(=O)c3cc2Cl)CC1. The predicted molar refractivity (Wildman–Crippen MR) is 100 cm³/mol. The average Bonchev–Trinajstić information content (AvgIpc) is 2.63. The Hall–Kier alpha value is -1.56. The highest BCUT2D eigenvalue weighted by molar-refractivity contribution is 6.32. The van der Waals surface area contributed by atoms with Crippen molar-refractivity contribution in [3.63, 3.8) is 0 Å². The van der Waals surface area contributed by atoms with Gasteiger partial charge in [-0.15, -0.1) is 0 Å². The van der Waals surface area contributed by atoms with Crippen LogP contribution in [0.5, 0.6) is 5.75 Å². The Morgan fingerprint density at radius 3 is 2.76 bits per heavy atom. The van der Waals surface area contributed by atoms with Gasteiger partial charge in [0.15, 0.2) is 0 Å². The number of methoxy groups -OCH3 is 1. The number of nitrogens with one attached hydrogen (secondary N) is 1. The smallest absolute Gasteiger partial charge is 0.255 e. The van der Waals surface area contributed by atoms with Gasteiger partial charge in [0.1, 0.15) is 5.75 Å². The number of ether oxygens (including phenoxy) is 2. The van der Waals surface area contributed by atoms with Crippen LogP contribution >= 0.6 is 11.6 Å². The van der Waals surface area contributed by atoms with Gasteiger partial charge in [-0.05, 0) is 55.7 Å². The molecule has 25 heavy (non-hydrogen) atoms. The molecule has 0 radical (unpaired) electrons. The fourth-order valence-corrected chi connectivity index (χ4v) is 3.96. The maximum atomic E-state index is 11.8. The Balaban J connectivity index is 1.75. The molecule has 1 aromatic carbocycles. The summed E-state index contributed by atoms with van der Waals surface area (Å²) in [4.78, 5) is 14.5. The maximum absolute atomic E-state index is 11.8. The number of fused-ring (bicyclic) bond motifs is 1. The highest BCUT2D eigenvalue weighted by Gasteiger charge is 2.40. The molecule has 1 aliphatic carbocycles. The van der Waals surface area contributed by atoms with E-state index in [4.69, 9.17) is 26.8 Å². The van der Waals surface area contributed by atoms with Crippen molar-refractivity contribution in [3.05, 3.63) is 39.8 Å². The average molecular weight is 365 g/mol. The minimum absolute atomic E-state index is 0.0365. The molecule has 3 rings (SSSR count). The number of pyridine rings is 1. The van der Waals surface area contributed by atoms with Gasteiger partial charge in [-0.2, -0.15) is 0 Å². The van der Waals surface area contributed by atoms with Crippen molar-refractivity contribution in [1.29, 1.82) is 0 Å². The molecule has 5 nitrogen and oxygen atoms in total. The van der Waals surface area contributed by atoms with E-state index in [0.29, 0.717) is 16.2 Å². The lowest BCUT2D eigenvalue weighted by molar-refractivity contribution is -0.0768. The van der Waals surface area contributed by atoms with Gasteiger partial charge in [-0.3, -0.25) is 4.79 Å². The number of H-pyrrole nitrogens is 1. The summed E-state index contributed by atoms with van der Waals surface area (Å²) >= 11 is 6.33. The molecule has 0 amide bonds. The van der Waals surface area contributed by atoms with Crippen molar-refractivity contribution >= 4 is 22.4 Å². The van der Waals surface area contributed by atoms with Crippen molar-refractivity contribution < 1.29 is 9.47 Å². The minimum atomic E-state index is -0.255. The summed E-state index contributed by atoms with van der Waals surface area (Å²) in [5, 5.41) is 1.84. The third-order valence-corrected chi connectivity index (χ3v) is 5.72. The molecule has 0 aliphatic heterocycles. The lowest BCUT2D eigenvalue weighted by atomic mass is 9.77. The van der Waals surface area contributed by atoms with Crippen molar-refractivity contribution in [2.45, 2.75) is 56.8 Å². The van der Waals surface area contributed by atoms with Crippen molar-refractivity contribution in [2.24, 2.45) is 5.73 Å². The predicted octanol–water partition coefficient (Wildman–Crippen LogP) is 3.63. The molecule has 0 bridgehead atoms. The Labute approximate surface area is 152 Å². The lowest BCUT2D eigenvalue weighted by Gasteiger charge is -2.42. The second-order valence-corrected chi connectivity index (χ2v) is 7.18. The third-order valence-electron chi connectivity index (χ3n) is 5.42. The third kappa shape index (κ3) is 3.54. The van der Waals surface area contributed by atoms with Gasteiger partial charge in [0.05, 0.1) is 16.7 Å². The topological polar surface area (TPSA) is 77.3 Å². The maximum Gasteiger partial charge on any atom is 0.255 e. The zero-order valence-electron chi connectivity index (χ0n) is 14.7. The molecular weight excluding hydrogens is 340 g/mol. The van der Waals surface area contributed by atoms with Crippen LogP contribution in [0.1, 0.15) is 39.0 Å². The molecule has 2 aromatic rings. The van der Waals surface area contributed by atoms with Crippen LogP contribution in [0.15, 0.2) is 29.2 Å². The molecule has 0 unspecified atom stereocenters. The van der Waals surface area contributed by atoms with Gasteiger partial charge in [0, 0.05) is 24.7 Å². The number of halogens is 1. The highest BCUT2D eigenvalue weighted by Crippen LogP contribution is 2.37. The molecule has 1 aliphatic rings. The summed E-state index contributed by atoms with van der Waals surface area (Å²) in [7, 11) is 1.74. The van der Waals surface area contributed by atoms with Crippen LogP contribution in [0.2, 0.25) is 5.02 Å². The van der Waals surface area contributed by atoms with Crippen molar-refractivity contribution in [1.82, 2.24) is 4.98 Å². The minimum Gasteiger partial charge on any atom is -0.489 e. The normalized spacial score (nSPS) is 25.0. The molecule has 136 valence electrons. The molecule has 0 saturated heterocycles. The molecule has 1 aromatic heterocycles. The molecule has 1 saturated carbocycles. The first-order valence-electron chi connectivity index (χ1n) is 8.77. The van der Waals surface area contributed by atoms with Crippen LogP contribution in [0.25, 0.3) is 10.8 Å². The molecule has 6 heteroatoms. The first-order chi connectivity index (χ1) is 12.0. The summed E-state index contributed by atoms with van der Waals surface area (Å²) in [6.45, 7) is 2.09. The van der Waals surface area contributed by atoms with E-state index in [2.05, 4.69) is 11.9 Å². The van der Waals surface area contributed by atoms with Gasteiger partial charge >= 0.3 is 0 Å². The summed E-state index contributed by atoms with van der Waals surface area (Å²) in [6.07, 6.45) is 6.06. The second kappa shape index (κ2) is 7.36. The largest absolute Gasteiger partial charge is 0.489 e. The van der Waals surface area contributed by atoms with E-state index in [1.807, 2.05) is 12.1 Å². The summed E-state index contributed by atoms with van der Waals surface area (Å²) in [5.74, 6) is 0.620. The number of benzene rings is 1. The van der Waals surface area contributed by atoms with Gasteiger partial charge < -0.3 is 20.2 Å². The monoisotopic (exact) mass is 364 g/mol. The molecule has 3 N–H and O–H groups in total.